The van der Waals surface area contributed by atoms with Crippen molar-refractivity contribution in [3.8, 4) is 5.75 Å². The molecule has 1 fully saturated rings. The number of phenolic OH excluding ortho intramolecular Hbond substituents is 1. The predicted molar refractivity (Wildman–Crippen MR) is 61.3 cm³/mol. The van der Waals surface area contributed by atoms with Crippen LogP contribution in [0.25, 0.3) is 0 Å². The number of rotatable bonds is 3. The largest absolute Gasteiger partial charge is 0.508 e. The number of nitrogens with one attached hydrogen (secondary N) is 1. The number of halogens is 2. The quantitative estimate of drug-likeness (QED) is 0.845. The average Bonchev–Trinajstić information content (AvgIpc) is 2.33. The fraction of sp³-hybridized carbons (Fsp3) is 0.500. The van der Waals surface area contributed by atoms with E-state index < -0.39 is 12.5 Å². The number of nitrogens with zero attached hydrogens (tertiary/aromatic N) is 1. The van der Waals surface area contributed by atoms with Gasteiger partial charge < -0.3 is 10.4 Å². The molecule has 1 saturated heterocycles. The van der Waals surface area contributed by atoms with Crippen LogP contribution in [0.3, 0.4) is 0 Å². The number of hydrogen-bond donors (Lipinski definition) is 2. The van der Waals surface area contributed by atoms with Crippen LogP contribution in [0.5, 0.6) is 5.75 Å². The Morgan fingerprint density at radius 3 is 2.41 bits per heavy atom. The summed E-state index contributed by atoms with van der Waals surface area (Å²) in [6.07, 6.45) is -2.50. The number of phenols is 1. The topological polar surface area (TPSA) is 35.5 Å². The molecule has 1 atom stereocenters. The molecular formula is C12H16F2N2O. The smallest absolute Gasteiger partial charge is 0.258 e. The molecule has 1 aliphatic heterocycles. The molecule has 0 radical (unpaired) electrons. The Morgan fingerprint density at radius 2 is 1.82 bits per heavy atom. The lowest BCUT2D eigenvalue weighted by molar-refractivity contribution is 0.0170. The van der Waals surface area contributed by atoms with Crippen LogP contribution in [-0.4, -0.2) is 42.6 Å². The van der Waals surface area contributed by atoms with E-state index in [1.165, 1.54) is 6.07 Å². The van der Waals surface area contributed by atoms with Crippen molar-refractivity contribution in [1.82, 2.24) is 10.2 Å². The van der Waals surface area contributed by atoms with Crippen molar-refractivity contribution in [3.05, 3.63) is 29.8 Å². The van der Waals surface area contributed by atoms with Crippen LogP contribution in [0.4, 0.5) is 8.78 Å². The van der Waals surface area contributed by atoms with Crippen molar-refractivity contribution >= 4 is 0 Å². The van der Waals surface area contributed by atoms with E-state index in [9.17, 15) is 13.9 Å². The zero-order valence-electron chi connectivity index (χ0n) is 9.44. The summed E-state index contributed by atoms with van der Waals surface area (Å²) in [7, 11) is 0. The summed E-state index contributed by atoms with van der Waals surface area (Å²) in [5, 5.41) is 12.8. The second kappa shape index (κ2) is 5.42. The minimum absolute atomic E-state index is 0.0590. The summed E-state index contributed by atoms with van der Waals surface area (Å²) < 4.78 is 26.4. The Kier molecular flexibility index (Phi) is 3.91. The van der Waals surface area contributed by atoms with E-state index in [2.05, 4.69) is 5.32 Å². The summed E-state index contributed by atoms with van der Waals surface area (Å²) in [6.45, 7) is 2.56. The molecule has 0 saturated carbocycles. The first-order chi connectivity index (χ1) is 8.20. The highest BCUT2D eigenvalue weighted by molar-refractivity contribution is 5.35. The van der Waals surface area contributed by atoms with Gasteiger partial charge in [0.25, 0.3) is 6.43 Å². The van der Waals surface area contributed by atoms with Crippen molar-refractivity contribution < 1.29 is 13.9 Å². The molecule has 1 aromatic carbocycles. The van der Waals surface area contributed by atoms with E-state index in [1.54, 1.807) is 23.1 Å². The van der Waals surface area contributed by atoms with Gasteiger partial charge in [0.2, 0.25) is 0 Å². The fourth-order valence-corrected chi connectivity index (χ4v) is 2.19. The van der Waals surface area contributed by atoms with Crippen molar-refractivity contribution in [1.29, 1.82) is 0 Å². The second-order valence-electron chi connectivity index (χ2n) is 4.12. The monoisotopic (exact) mass is 242 g/mol. The van der Waals surface area contributed by atoms with Gasteiger partial charge in [-0.3, -0.25) is 4.90 Å². The van der Waals surface area contributed by atoms with Crippen LogP contribution in [-0.2, 0) is 0 Å². The first-order valence-corrected chi connectivity index (χ1v) is 5.71. The summed E-state index contributed by atoms with van der Waals surface area (Å²) in [6, 6.07) is 5.31. The summed E-state index contributed by atoms with van der Waals surface area (Å²) in [5.41, 5.74) is 0.310. The molecule has 2 N–H and O–H groups in total. The molecule has 1 aliphatic rings. The van der Waals surface area contributed by atoms with Gasteiger partial charge >= 0.3 is 0 Å². The Bertz CT molecular complexity index is 367. The van der Waals surface area contributed by atoms with Crippen molar-refractivity contribution in [3.63, 3.8) is 0 Å². The van der Waals surface area contributed by atoms with Crippen molar-refractivity contribution in [2.24, 2.45) is 0 Å². The third-order valence-corrected chi connectivity index (χ3v) is 3.04. The van der Waals surface area contributed by atoms with Crippen LogP contribution in [0.1, 0.15) is 11.6 Å². The number of benzene rings is 1. The number of piperazine rings is 1. The van der Waals surface area contributed by atoms with Crippen LogP contribution in [0.2, 0.25) is 0 Å². The summed E-state index contributed by atoms with van der Waals surface area (Å²) in [5.74, 6) is -0.0590. The molecule has 0 amide bonds. The highest BCUT2D eigenvalue weighted by Crippen LogP contribution is 2.33. The SMILES string of the molecule is Oc1ccccc1[C@H](C(F)F)N1CCNCC1. The molecule has 0 aromatic heterocycles. The van der Waals surface area contributed by atoms with Crippen molar-refractivity contribution in [2.75, 3.05) is 26.2 Å². The Morgan fingerprint density at radius 1 is 1.18 bits per heavy atom. The van der Waals surface area contributed by atoms with Crippen LogP contribution < -0.4 is 5.32 Å². The first-order valence-electron chi connectivity index (χ1n) is 5.71. The second-order valence-corrected chi connectivity index (χ2v) is 4.12. The minimum Gasteiger partial charge on any atom is -0.508 e. The van der Waals surface area contributed by atoms with Gasteiger partial charge in [-0.2, -0.15) is 0 Å². The molecule has 17 heavy (non-hydrogen) atoms. The lowest BCUT2D eigenvalue weighted by Crippen LogP contribution is -2.46. The van der Waals surface area contributed by atoms with Crippen molar-refractivity contribution in [2.45, 2.75) is 12.5 Å². The highest BCUT2D eigenvalue weighted by Gasteiger charge is 2.31. The number of para-hydroxylation sites is 1. The summed E-state index contributed by atoms with van der Waals surface area (Å²) in [4.78, 5) is 1.72. The van der Waals surface area contributed by atoms with Gasteiger partial charge in [0, 0.05) is 31.7 Å². The molecule has 0 unspecified atom stereocenters. The number of aromatic hydroxyl groups is 1. The molecule has 3 nitrogen and oxygen atoms in total. The molecule has 2 rings (SSSR count). The van der Waals surface area contributed by atoms with Crippen LogP contribution in [0, 0.1) is 0 Å². The fourth-order valence-electron chi connectivity index (χ4n) is 2.19. The van der Waals surface area contributed by atoms with E-state index >= 15 is 0 Å². The van der Waals surface area contributed by atoms with Gasteiger partial charge in [-0.15, -0.1) is 0 Å². The Balaban J connectivity index is 2.25. The Hall–Kier alpha value is -1.20. The van der Waals surface area contributed by atoms with E-state index in [0.29, 0.717) is 31.7 Å². The van der Waals surface area contributed by atoms with Gasteiger partial charge in [-0.05, 0) is 6.07 Å². The standard InChI is InChI=1S/C12H16F2N2O/c13-12(14)11(16-7-5-15-6-8-16)9-3-1-2-4-10(9)17/h1-4,11-12,15,17H,5-8H2/t11-/m1/s1. The summed E-state index contributed by atoms with van der Waals surface area (Å²) >= 11 is 0. The molecule has 0 spiro atoms. The molecule has 1 heterocycles. The van der Waals surface area contributed by atoms with Gasteiger partial charge in [0.05, 0.1) is 6.04 Å². The van der Waals surface area contributed by atoms with Gasteiger partial charge in [-0.1, -0.05) is 18.2 Å². The third kappa shape index (κ3) is 2.73. The average molecular weight is 242 g/mol. The zero-order valence-corrected chi connectivity index (χ0v) is 9.44. The van der Waals surface area contributed by atoms with E-state index in [1.807, 2.05) is 0 Å². The van der Waals surface area contributed by atoms with E-state index in [0.717, 1.165) is 0 Å². The highest BCUT2D eigenvalue weighted by atomic mass is 19.3. The van der Waals surface area contributed by atoms with Gasteiger partial charge in [0.15, 0.2) is 0 Å². The predicted octanol–water partition coefficient (Wildman–Crippen LogP) is 1.60. The van der Waals surface area contributed by atoms with Gasteiger partial charge in [0.1, 0.15) is 5.75 Å². The zero-order chi connectivity index (χ0) is 12.3. The lowest BCUT2D eigenvalue weighted by Gasteiger charge is -2.34. The number of alkyl halides is 2. The molecule has 94 valence electrons. The first kappa shape index (κ1) is 12.3. The van der Waals surface area contributed by atoms with E-state index in [4.69, 9.17) is 0 Å². The van der Waals surface area contributed by atoms with E-state index in [-0.39, 0.29) is 5.75 Å². The lowest BCUT2D eigenvalue weighted by atomic mass is 10.0. The van der Waals surface area contributed by atoms with Crippen LogP contribution in [0.15, 0.2) is 24.3 Å². The number of hydrogen-bond acceptors (Lipinski definition) is 3. The minimum atomic E-state index is -2.50. The molecule has 5 heteroatoms. The maximum atomic E-state index is 13.2. The molecule has 0 aliphatic carbocycles. The maximum Gasteiger partial charge on any atom is 0.258 e. The molecule has 1 aromatic rings. The third-order valence-electron chi connectivity index (χ3n) is 3.04. The normalized spacial score (nSPS) is 19.5. The maximum absolute atomic E-state index is 13.2. The Labute approximate surface area is 99.1 Å². The molecule has 0 bridgehead atoms. The van der Waals surface area contributed by atoms with Gasteiger partial charge in [-0.25, -0.2) is 8.78 Å². The molecular weight excluding hydrogens is 226 g/mol. The van der Waals surface area contributed by atoms with Crippen LogP contribution >= 0.6 is 0 Å².